The van der Waals surface area contributed by atoms with Gasteiger partial charge in [0.25, 0.3) is 5.91 Å². The molecule has 1 aromatic rings. The second-order valence-electron chi connectivity index (χ2n) is 6.13. The largest absolute Gasteiger partial charge is 0.497 e. The van der Waals surface area contributed by atoms with Crippen molar-refractivity contribution in [3.63, 3.8) is 0 Å². The standard InChI is InChI=1S/C17H26N2O2/c1-13-8-10-19(11-9-13)14(2)17(20)18-12-15-4-6-16(21-3)7-5-15/h4-7,13-14H,8-12H2,1-3H3,(H,18,20)/p+1/t14-/m1/s1. The highest BCUT2D eigenvalue weighted by atomic mass is 16.5. The Morgan fingerprint density at radius 3 is 2.52 bits per heavy atom. The van der Waals surface area contributed by atoms with Gasteiger partial charge in [0.1, 0.15) is 5.75 Å². The molecule has 1 saturated heterocycles. The van der Waals surface area contributed by atoms with Crippen LogP contribution in [0.5, 0.6) is 5.75 Å². The molecule has 1 aliphatic heterocycles. The molecular formula is C17H27N2O2+. The van der Waals surface area contributed by atoms with E-state index < -0.39 is 0 Å². The fourth-order valence-electron chi connectivity index (χ4n) is 2.84. The minimum Gasteiger partial charge on any atom is -0.497 e. The van der Waals surface area contributed by atoms with Crippen LogP contribution in [0.15, 0.2) is 24.3 Å². The molecule has 1 aliphatic rings. The van der Waals surface area contributed by atoms with Gasteiger partial charge in [0.05, 0.1) is 20.2 Å². The van der Waals surface area contributed by atoms with E-state index in [4.69, 9.17) is 4.74 Å². The van der Waals surface area contributed by atoms with Gasteiger partial charge in [-0.25, -0.2) is 0 Å². The molecule has 1 atom stereocenters. The number of piperidine rings is 1. The maximum Gasteiger partial charge on any atom is 0.278 e. The number of quaternary nitrogens is 1. The molecule has 21 heavy (non-hydrogen) atoms. The highest BCUT2D eigenvalue weighted by Crippen LogP contribution is 2.11. The van der Waals surface area contributed by atoms with E-state index in [9.17, 15) is 4.79 Å². The molecule has 0 radical (unpaired) electrons. The zero-order chi connectivity index (χ0) is 15.2. The summed E-state index contributed by atoms with van der Waals surface area (Å²) in [7, 11) is 1.65. The molecule has 0 aliphatic carbocycles. The van der Waals surface area contributed by atoms with Crippen LogP contribution in [0.2, 0.25) is 0 Å². The van der Waals surface area contributed by atoms with Crippen LogP contribution in [0.25, 0.3) is 0 Å². The highest BCUT2D eigenvalue weighted by Gasteiger charge is 2.28. The lowest BCUT2D eigenvalue weighted by atomic mass is 9.98. The van der Waals surface area contributed by atoms with Crippen LogP contribution in [0, 0.1) is 5.92 Å². The lowest BCUT2D eigenvalue weighted by Crippen LogP contribution is -3.17. The van der Waals surface area contributed by atoms with E-state index >= 15 is 0 Å². The molecule has 1 aromatic carbocycles. The van der Waals surface area contributed by atoms with Gasteiger partial charge in [0.2, 0.25) is 0 Å². The third-order valence-corrected chi connectivity index (χ3v) is 4.55. The minimum absolute atomic E-state index is 0.0377. The van der Waals surface area contributed by atoms with Crippen LogP contribution in [-0.2, 0) is 11.3 Å². The Balaban J connectivity index is 1.80. The number of rotatable bonds is 5. The van der Waals surface area contributed by atoms with Crippen LogP contribution in [0.1, 0.15) is 32.3 Å². The average Bonchev–Trinajstić information content (AvgIpc) is 2.53. The van der Waals surface area contributed by atoms with Gasteiger partial charge in [-0.1, -0.05) is 19.1 Å². The van der Waals surface area contributed by atoms with Crippen molar-refractivity contribution in [3.05, 3.63) is 29.8 Å². The summed E-state index contributed by atoms with van der Waals surface area (Å²) >= 11 is 0. The Hall–Kier alpha value is -1.55. The van der Waals surface area contributed by atoms with Gasteiger partial charge in [-0.05, 0) is 43.4 Å². The lowest BCUT2D eigenvalue weighted by molar-refractivity contribution is -0.920. The zero-order valence-electron chi connectivity index (χ0n) is 13.3. The smallest absolute Gasteiger partial charge is 0.278 e. The van der Waals surface area contributed by atoms with Crippen LogP contribution < -0.4 is 15.0 Å². The normalized spacial score (nSPS) is 23.4. The van der Waals surface area contributed by atoms with Crippen molar-refractivity contribution in [1.82, 2.24) is 5.32 Å². The molecule has 116 valence electrons. The van der Waals surface area contributed by atoms with Gasteiger partial charge < -0.3 is 15.0 Å². The summed E-state index contributed by atoms with van der Waals surface area (Å²) in [4.78, 5) is 13.7. The third-order valence-electron chi connectivity index (χ3n) is 4.55. The minimum atomic E-state index is 0.0377. The van der Waals surface area contributed by atoms with Gasteiger partial charge in [0, 0.05) is 6.54 Å². The number of ether oxygens (including phenoxy) is 1. The molecule has 4 heteroatoms. The molecule has 0 saturated carbocycles. The number of methoxy groups -OCH3 is 1. The second kappa shape index (κ2) is 7.46. The van der Waals surface area contributed by atoms with E-state index in [1.165, 1.54) is 17.7 Å². The Labute approximate surface area is 127 Å². The van der Waals surface area contributed by atoms with Crippen molar-refractivity contribution < 1.29 is 14.4 Å². The van der Waals surface area contributed by atoms with Crippen molar-refractivity contribution in [2.45, 2.75) is 39.3 Å². The van der Waals surface area contributed by atoms with Gasteiger partial charge in [-0.3, -0.25) is 4.79 Å². The lowest BCUT2D eigenvalue weighted by Gasteiger charge is -2.31. The van der Waals surface area contributed by atoms with E-state index in [0.29, 0.717) is 6.54 Å². The summed E-state index contributed by atoms with van der Waals surface area (Å²) in [5.74, 6) is 1.80. The van der Waals surface area contributed by atoms with Crippen molar-refractivity contribution in [2.75, 3.05) is 20.2 Å². The number of carbonyl (C=O) groups is 1. The Kier molecular flexibility index (Phi) is 5.62. The first-order valence-corrected chi connectivity index (χ1v) is 7.85. The van der Waals surface area contributed by atoms with Gasteiger partial charge in [0.15, 0.2) is 6.04 Å². The molecular weight excluding hydrogens is 264 g/mol. The Morgan fingerprint density at radius 1 is 1.33 bits per heavy atom. The SMILES string of the molecule is COc1ccc(CNC(=O)[C@@H](C)[NH+]2CCC(C)CC2)cc1. The molecule has 0 bridgehead atoms. The zero-order valence-corrected chi connectivity index (χ0v) is 13.3. The van der Waals surface area contributed by atoms with Crippen LogP contribution in [-0.4, -0.2) is 32.1 Å². The van der Waals surface area contributed by atoms with Gasteiger partial charge in [-0.15, -0.1) is 0 Å². The second-order valence-corrected chi connectivity index (χ2v) is 6.13. The van der Waals surface area contributed by atoms with Gasteiger partial charge in [-0.2, -0.15) is 0 Å². The third kappa shape index (κ3) is 4.46. The summed E-state index contributed by atoms with van der Waals surface area (Å²) < 4.78 is 5.13. The Morgan fingerprint density at radius 2 is 1.95 bits per heavy atom. The first-order chi connectivity index (χ1) is 10.1. The first-order valence-electron chi connectivity index (χ1n) is 7.85. The molecule has 0 spiro atoms. The Bertz CT molecular complexity index is 450. The number of nitrogens with one attached hydrogen (secondary N) is 2. The van der Waals surface area contributed by atoms with Crippen molar-refractivity contribution in [1.29, 1.82) is 0 Å². The topological polar surface area (TPSA) is 42.8 Å². The maximum atomic E-state index is 12.3. The fraction of sp³-hybridized carbons (Fsp3) is 0.588. The first kappa shape index (κ1) is 15.8. The molecule has 1 fully saturated rings. The molecule has 2 rings (SSSR count). The summed E-state index contributed by atoms with van der Waals surface area (Å²) in [5.41, 5.74) is 1.10. The monoisotopic (exact) mass is 291 g/mol. The summed E-state index contributed by atoms with van der Waals surface area (Å²) in [5, 5.41) is 3.04. The number of benzene rings is 1. The average molecular weight is 291 g/mol. The molecule has 1 heterocycles. The molecule has 0 unspecified atom stereocenters. The number of amides is 1. The van der Waals surface area contributed by atoms with E-state index in [0.717, 1.165) is 30.3 Å². The predicted molar refractivity (Wildman–Crippen MR) is 83.4 cm³/mol. The molecule has 0 aromatic heterocycles. The van der Waals surface area contributed by atoms with Crippen LogP contribution in [0.3, 0.4) is 0 Å². The summed E-state index contributed by atoms with van der Waals surface area (Å²) in [6.07, 6.45) is 2.46. The number of likely N-dealkylation sites (tertiary alicyclic amines) is 1. The molecule has 4 nitrogen and oxygen atoms in total. The number of hydrogen-bond acceptors (Lipinski definition) is 2. The number of hydrogen-bond donors (Lipinski definition) is 2. The van der Waals surface area contributed by atoms with Crippen LogP contribution >= 0.6 is 0 Å². The quantitative estimate of drug-likeness (QED) is 0.850. The van der Waals surface area contributed by atoms with Crippen LogP contribution in [0.4, 0.5) is 0 Å². The molecule has 2 N–H and O–H groups in total. The van der Waals surface area contributed by atoms with E-state index in [2.05, 4.69) is 12.2 Å². The van der Waals surface area contributed by atoms with Crippen molar-refractivity contribution in [3.8, 4) is 5.75 Å². The maximum absolute atomic E-state index is 12.3. The summed E-state index contributed by atoms with van der Waals surface area (Å²) in [6, 6.07) is 7.85. The summed E-state index contributed by atoms with van der Waals surface area (Å²) in [6.45, 7) is 7.13. The van der Waals surface area contributed by atoms with Crippen molar-refractivity contribution >= 4 is 5.91 Å². The molecule has 1 amide bonds. The van der Waals surface area contributed by atoms with E-state index in [1.54, 1.807) is 7.11 Å². The van der Waals surface area contributed by atoms with Crippen molar-refractivity contribution in [2.24, 2.45) is 5.92 Å². The fourth-order valence-corrected chi connectivity index (χ4v) is 2.84. The number of carbonyl (C=O) groups excluding carboxylic acids is 1. The highest BCUT2D eigenvalue weighted by molar-refractivity contribution is 5.79. The van der Waals surface area contributed by atoms with E-state index in [1.807, 2.05) is 31.2 Å². The predicted octanol–water partition coefficient (Wildman–Crippen LogP) is 1.01. The van der Waals surface area contributed by atoms with E-state index in [-0.39, 0.29) is 11.9 Å². The van der Waals surface area contributed by atoms with Gasteiger partial charge >= 0.3 is 0 Å².